The highest BCUT2D eigenvalue weighted by atomic mass is 32.1. The van der Waals surface area contributed by atoms with E-state index in [1.807, 2.05) is 29.5 Å². The van der Waals surface area contributed by atoms with Gasteiger partial charge in [0, 0.05) is 47.6 Å². The number of para-hydroxylation sites is 3. The van der Waals surface area contributed by atoms with Crippen LogP contribution in [0.25, 0.3) is 86.3 Å². The second kappa shape index (κ2) is 11.5. The molecule has 8 aromatic carbocycles. The summed E-state index contributed by atoms with van der Waals surface area (Å²) in [5.41, 5.74) is 11.1. The topological polar surface area (TPSA) is 29.5 Å². The van der Waals surface area contributed by atoms with Crippen molar-refractivity contribution in [2.75, 3.05) is 4.90 Å². The van der Waals surface area contributed by atoms with Gasteiger partial charge in [0.05, 0.1) is 16.8 Å². The fraction of sp³-hybridized carbons (Fsp3) is 0. The molecular weight excluding hydrogens is 655 g/mol. The molecule has 3 heterocycles. The summed E-state index contributed by atoms with van der Waals surface area (Å²) in [5.74, 6) is 0. The zero-order chi connectivity index (χ0) is 34.2. The SMILES string of the molecule is c1ccc(-c2cccc3c2oc2c(N(c4ccc(-c5cccc6sc7ccccc7c56)cc4)c4cccc5oc6ccccc6c45)cccc23)cc1. The Kier molecular flexibility index (Phi) is 6.42. The number of fused-ring (bicyclic) bond motifs is 9. The lowest BCUT2D eigenvalue weighted by atomic mass is 9.99. The summed E-state index contributed by atoms with van der Waals surface area (Å²) in [6.45, 7) is 0. The fourth-order valence-electron chi connectivity index (χ4n) is 7.98. The number of anilines is 3. The highest BCUT2D eigenvalue weighted by Gasteiger charge is 2.24. The number of thiophene rings is 1. The van der Waals surface area contributed by atoms with Crippen LogP contribution >= 0.6 is 11.3 Å². The van der Waals surface area contributed by atoms with Crippen LogP contribution in [0, 0.1) is 0 Å². The maximum absolute atomic E-state index is 6.98. The van der Waals surface area contributed by atoms with Crippen molar-refractivity contribution >= 4 is 92.4 Å². The van der Waals surface area contributed by atoms with Gasteiger partial charge in [0.2, 0.25) is 0 Å². The largest absolute Gasteiger partial charge is 0.456 e. The molecule has 11 aromatic rings. The predicted octanol–water partition coefficient (Wildman–Crippen LogP) is 14.7. The molecule has 0 aliphatic heterocycles. The Morgan fingerprint density at radius 1 is 0.365 bits per heavy atom. The van der Waals surface area contributed by atoms with Gasteiger partial charge in [-0.05, 0) is 65.2 Å². The van der Waals surface area contributed by atoms with Gasteiger partial charge in [0.25, 0.3) is 0 Å². The maximum Gasteiger partial charge on any atom is 0.159 e. The monoisotopic (exact) mass is 683 g/mol. The summed E-state index contributed by atoms with van der Waals surface area (Å²) in [5, 5.41) is 6.92. The number of hydrogen-bond acceptors (Lipinski definition) is 4. The summed E-state index contributed by atoms with van der Waals surface area (Å²) < 4.78 is 16.0. The highest BCUT2D eigenvalue weighted by Crippen LogP contribution is 2.48. The first-order chi connectivity index (χ1) is 25.8. The van der Waals surface area contributed by atoms with Crippen molar-refractivity contribution in [3.05, 3.63) is 176 Å². The van der Waals surface area contributed by atoms with E-state index in [1.54, 1.807) is 0 Å². The molecule has 0 N–H and O–H groups in total. The summed E-state index contributed by atoms with van der Waals surface area (Å²) in [6, 6.07) is 62.3. The van der Waals surface area contributed by atoms with Gasteiger partial charge >= 0.3 is 0 Å². The number of benzene rings is 8. The Labute approximate surface area is 303 Å². The van der Waals surface area contributed by atoms with Gasteiger partial charge in [-0.15, -0.1) is 11.3 Å². The van der Waals surface area contributed by atoms with Crippen molar-refractivity contribution < 1.29 is 8.83 Å². The molecule has 0 atom stereocenters. The van der Waals surface area contributed by atoms with E-state index in [2.05, 4.69) is 163 Å². The molecule has 0 saturated heterocycles. The van der Waals surface area contributed by atoms with Crippen LogP contribution < -0.4 is 4.90 Å². The molecule has 0 aliphatic carbocycles. The first-order valence-corrected chi connectivity index (χ1v) is 18.3. The third-order valence-corrected chi connectivity index (χ3v) is 11.4. The molecule has 0 saturated carbocycles. The van der Waals surface area contributed by atoms with E-state index >= 15 is 0 Å². The molecule has 0 bridgehead atoms. The van der Waals surface area contributed by atoms with Crippen LogP contribution in [-0.4, -0.2) is 0 Å². The summed E-state index contributed by atoms with van der Waals surface area (Å²) in [7, 11) is 0. The third-order valence-electron chi connectivity index (χ3n) is 10.3. The smallest absolute Gasteiger partial charge is 0.159 e. The average Bonchev–Trinajstić information content (AvgIpc) is 3.91. The van der Waals surface area contributed by atoms with Crippen molar-refractivity contribution in [2.24, 2.45) is 0 Å². The van der Waals surface area contributed by atoms with Gasteiger partial charge in [-0.3, -0.25) is 0 Å². The van der Waals surface area contributed by atoms with Crippen LogP contribution in [0.1, 0.15) is 0 Å². The lowest BCUT2D eigenvalue weighted by molar-refractivity contribution is 0.668. The van der Waals surface area contributed by atoms with E-state index in [4.69, 9.17) is 8.83 Å². The molecule has 0 radical (unpaired) electrons. The molecule has 0 fully saturated rings. The van der Waals surface area contributed by atoms with E-state index in [9.17, 15) is 0 Å². The van der Waals surface area contributed by atoms with Gasteiger partial charge in [0.1, 0.15) is 16.7 Å². The van der Waals surface area contributed by atoms with Crippen molar-refractivity contribution in [3.8, 4) is 22.3 Å². The average molecular weight is 684 g/mol. The van der Waals surface area contributed by atoms with Crippen molar-refractivity contribution in [1.82, 2.24) is 0 Å². The lowest BCUT2D eigenvalue weighted by Gasteiger charge is -2.26. The predicted molar refractivity (Wildman–Crippen MR) is 219 cm³/mol. The Bertz CT molecular complexity index is 3130. The second-order valence-corrected chi connectivity index (χ2v) is 14.3. The maximum atomic E-state index is 6.98. The van der Waals surface area contributed by atoms with Gasteiger partial charge in [0.15, 0.2) is 5.58 Å². The zero-order valence-electron chi connectivity index (χ0n) is 27.9. The normalized spacial score (nSPS) is 11.8. The summed E-state index contributed by atoms with van der Waals surface area (Å²) >= 11 is 1.85. The minimum Gasteiger partial charge on any atom is -0.456 e. The van der Waals surface area contributed by atoms with Crippen LogP contribution in [0.3, 0.4) is 0 Å². The van der Waals surface area contributed by atoms with Gasteiger partial charge in [-0.25, -0.2) is 0 Å². The molecule has 0 spiro atoms. The van der Waals surface area contributed by atoms with E-state index in [-0.39, 0.29) is 0 Å². The van der Waals surface area contributed by atoms with Crippen LogP contribution in [0.5, 0.6) is 0 Å². The minimum absolute atomic E-state index is 0.837. The van der Waals surface area contributed by atoms with Gasteiger partial charge in [-0.2, -0.15) is 0 Å². The zero-order valence-corrected chi connectivity index (χ0v) is 28.7. The quantitative estimate of drug-likeness (QED) is 0.181. The molecule has 52 heavy (non-hydrogen) atoms. The van der Waals surface area contributed by atoms with Gasteiger partial charge in [-0.1, -0.05) is 127 Å². The number of nitrogens with zero attached hydrogens (tertiary/aromatic N) is 1. The Balaban J connectivity index is 1.16. The first-order valence-electron chi connectivity index (χ1n) is 17.5. The Hall–Kier alpha value is -6.62. The van der Waals surface area contributed by atoms with E-state index in [1.165, 1.54) is 31.3 Å². The molecule has 3 nitrogen and oxygen atoms in total. The minimum atomic E-state index is 0.837. The van der Waals surface area contributed by atoms with Crippen molar-refractivity contribution in [1.29, 1.82) is 0 Å². The summed E-state index contributed by atoms with van der Waals surface area (Å²) in [6.07, 6.45) is 0. The van der Waals surface area contributed by atoms with Crippen LogP contribution in [0.15, 0.2) is 185 Å². The lowest BCUT2D eigenvalue weighted by Crippen LogP contribution is -2.10. The van der Waals surface area contributed by atoms with Gasteiger partial charge < -0.3 is 13.7 Å². The van der Waals surface area contributed by atoms with Crippen molar-refractivity contribution in [3.63, 3.8) is 0 Å². The third kappa shape index (κ3) is 4.38. The number of rotatable bonds is 5. The van der Waals surface area contributed by atoms with Crippen molar-refractivity contribution in [2.45, 2.75) is 0 Å². The number of hydrogen-bond donors (Lipinski definition) is 0. The molecule has 0 unspecified atom stereocenters. The Morgan fingerprint density at radius 3 is 1.87 bits per heavy atom. The summed E-state index contributed by atoms with van der Waals surface area (Å²) in [4.78, 5) is 2.33. The highest BCUT2D eigenvalue weighted by molar-refractivity contribution is 7.25. The van der Waals surface area contributed by atoms with E-state index < -0.39 is 0 Å². The molecule has 4 heteroatoms. The first kappa shape index (κ1) is 29.1. The van der Waals surface area contributed by atoms with E-state index in [0.717, 1.165) is 72.1 Å². The van der Waals surface area contributed by atoms with E-state index in [0.29, 0.717) is 0 Å². The molecular formula is C48H29NO2S. The fourth-order valence-corrected chi connectivity index (χ4v) is 9.11. The second-order valence-electron chi connectivity index (χ2n) is 13.2. The van der Waals surface area contributed by atoms with Crippen LogP contribution in [0.2, 0.25) is 0 Å². The molecule has 0 amide bonds. The molecule has 11 rings (SSSR count). The standard InChI is InChI=1S/C48H29NO2S/c1-2-12-30(13-3-1)34-17-8-18-35-36-19-9-21-40(48(36)51-47(34)35)49(39-20-11-23-42-46(39)37-14-4-6-22-41(37)50-42)32-28-26-31(27-29-32)33-16-10-25-44-45(33)38-15-5-7-24-43(38)52-44/h1-29H. The number of furan rings is 2. The molecule has 3 aromatic heterocycles. The van der Waals surface area contributed by atoms with Crippen LogP contribution in [0.4, 0.5) is 17.1 Å². The Morgan fingerprint density at radius 2 is 0.981 bits per heavy atom. The molecule has 0 aliphatic rings. The molecule has 244 valence electrons. The van der Waals surface area contributed by atoms with Crippen LogP contribution in [-0.2, 0) is 0 Å².